The molecule has 1 aliphatic rings. The number of nitrogens with zero attached hydrogens (tertiary/aromatic N) is 3. The van der Waals surface area contributed by atoms with E-state index in [0.717, 1.165) is 19.0 Å². The van der Waals surface area contributed by atoms with Gasteiger partial charge in [0, 0.05) is 27.2 Å². The highest BCUT2D eigenvalue weighted by Gasteiger charge is 2.26. The molecule has 1 aliphatic heterocycles. The van der Waals surface area contributed by atoms with Gasteiger partial charge in [-0.25, -0.2) is 0 Å². The van der Waals surface area contributed by atoms with E-state index in [0.29, 0.717) is 5.37 Å². The minimum absolute atomic E-state index is 0.536. The topological polar surface area (TPSA) is 18.8 Å². The zero-order valence-electron chi connectivity index (χ0n) is 8.24. The number of thioether (sulfide) groups is 1. The predicted octanol–water partition coefficient (Wildman–Crippen LogP) is 0.929. The lowest BCUT2D eigenvalue weighted by molar-refractivity contribution is 0.456. The molecule has 0 N–H and O–H groups in total. The summed E-state index contributed by atoms with van der Waals surface area (Å²) in [6.45, 7) is 4.41. The Morgan fingerprint density at radius 3 is 2.67 bits per heavy atom. The van der Waals surface area contributed by atoms with Crippen LogP contribution in [0, 0.1) is 0 Å². The second-order valence-electron chi connectivity index (χ2n) is 2.97. The van der Waals surface area contributed by atoms with Gasteiger partial charge in [0.25, 0.3) is 0 Å². The quantitative estimate of drug-likeness (QED) is 0.641. The van der Waals surface area contributed by atoms with Crippen LogP contribution in [0.25, 0.3) is 0 Å². The van der Waals surface area contributed by atoms with Crippen molar-refractivity contribution in [2.45, 2.75) is 12.3 Å². The maximum absolute atomic E-state index is 4.27. The molecule has 1 rings (SSSR count). The Labute approximate surface area is 78.8 Å². The lowest BCUT2D eigenvalue weighted by Crippen LogP contribution is -2.36. The minimum Gasteiger partial charge on any atom is -0.344 e. The van der Waals surface area contributed by atoms with Gasteiger partial charge < -0.3 is 9.80 Å². The molecule has 0 radical (unpaired) electrons. The van der Waals surface area contributed by atoms with Crippen molar-refractivity contribution >= 4 is 17.7 Å². The molecule has 1 atom stereocenters. The van der Waals surface area contributed by atoms with E-state index in [1.54, 1.807) is 0 Å². The summed E-state index contributed by atoms with van der Waals surface area (Å²) in [5.41, 5.74) is 0. The normalized spacial score (nSPS) is 23.8. The van der Waals surface area contributed by atoms with Crippen LogP contribution in [-0.2, 0) is 0 Å². The molecular formula is C8H17N3S. The highest BCUT2D eigenvalue weighted by molar-refractivity contribution is 7.99. The van der Waals surface area contributed by atoms with Crippen molar-refractivity contribution in [3.63, 3.8) is 0 Å². The van der Waals surface area contributed by atoms with Crippen LogP contribution >= 0.6 is 11.8 Å². The van der Waals surface area contributed by atoms with Gasteiger partial charge in [-0.2, -0.15) is 0 Å². The molecule has 3 nitrogen and oxygen atoms in total. The van der Waals surface area contributed by atoms with E-state index in [9.17, 15) is 0 Å². The average Bonchev–Trinajstić information content (AvgIpc) is 2.45. The molecule has 4 heteroatoms. The van der Waals surface area contributed by atoms with E-state index >= 15 is 0 Å². The molecule has 0 aromatic heterocycles. The summed E-state index contributed by atoms with van der Waals surface area (Å²) in [4.78, 5) is 8.81. The molecule has 1 saturated heterocycles. The zero-order valence-corrected chi connectivity index (χ0v) is 9.06. The van der Waals surface area contributed by atoms with Gasteiger partial charge in [-0.3, -0.25) is 4.99 Å². The van der Waals surface area contributed by atoms with Crippen LogP contribution < -0.4 is 0 Å². The molecular weight excluding hydrogens is 170 g/mol. The maximum atomic E-state index is 4.27. The van der Waals surface area contributed by atoms with E-state index < -0.39 is 0 Å². The lowest BCUT2D eigenvalue weighted by Gasteiger charge is -2.25. The SMILES string of the molecule is CN=C1N(C)CCN1C(C)SC. The van der Waals surface area contributed by atoms with Gasteiger partial charge in [0.05, 0.1) is 5.37 Å². The Bertz CT molecular complexity index is 181. The van der Waals surface area contributed by atoms with Gasteiger partial charge in [0.15, 0.2) is 5.96 Å². The minimum atomic E-state index is 0.536. The van der Waals surface area contributed by atoms with Crippen molar-refractivity contribution < 1.29 is 0 Å². The second-order valence-corrected chi connectivity index (χ2v) is 4.13. The Hall–Kier alpha value is -0.380. The molecule has 0 amide bonds. The third-order valence-electron chi connectivity index (χ3n) is 2.25. The van der Waals surface area contributed by atoms with Gasteiger partial charge in [0.1, 0.15) is 0 Å². The Morgan fingerprint density at radius 2 is 2.17 bits per heavy atom. The van der Waals surface area contributed by atoms with Gasteiger partial charge in [-0.1, -0.05) is 0 Å². The van der Waals surface area contributed by atoms with Gasteiger partial charge in [-0.05, 0) is 13.2 Å². The van der Waals surface area contributed by atoms with E-state index in [1.807, 2.05) is 18.8 Å². The first-order valence-electron chi connectivity index (χ1n) is 4.18. The van der Waals surface area contributed by atoms with E-state index in [2.05, 4.69) is 35.0 Å². The fourth-order valence-electron chi connectivity index (χ4n) is 1.45. The molecule has 12 heavy (non-hydrogen) atoms. The molecule has 0 aromatic rings. The first-order chi connectivity index (χ1) is 5.70. The van der Waals surface area contributed by atoms with Crippen LogP contribution in [0.3, 0.4) is 0 Å². The van der Waals surface area contributed by atoms with Gasteiger partial charge in [0.2, 0.25) is 0 Å². The number of hydrogen-bond donors (Lipinski definition) is 0. The summed E-state index contributed by atoms with van der Waals surface area (Å²) in [5, 5.41) is 0.536. The largest absolute Gasteiger partial charge is 0.344 e. The molecule has 1 fully saturated rings. The van der Waals surface area contributed by atoms with Crippen molar-refractivity contribution in [3.05, 3.63) is 0 Å². The van der Waals surface area contributed by atoms with Crippen molar-refractivity contribution in [2.24, 2.45) is 4.99 Å². The molecule has 0 aliphatic carbocycles. The van der Waals surface area contributed by atoms with Crippen molar-refractivity contribution in [2.75, 3.05) is 33.4 Å². The van der Waals surface area contributed by atoms with Crippen molar-refractivity contribution in [1.82, 2.24) is 9.80 Å². The Morgan fingerprint density at radius 1 is 1.50 bits per heavy atom. The first kappa shape index (κ1) is 9.71. The van der Waals surface area contributed by atoms with Crippen molar-refractivity contribution in [3.8, 4) is 0 Å². The summed E-state index contributed by atoms with van der Waals surface area (Å²) in [6, 6.07) is 0. The van der Waals surface area contributed by atoms with Crippen LogP contribution in [0.1, 0.15) is 6.92 Å². The van der Waals surface area contributed by atoms with E-state index in [-0.39, 0.29) is 0 Å². The fraction of sp³-hybridized carbons (Fsp3) is 0.875. The summed E-state index contributed by atoms with van der Waals surface area (Å²) < 4.78 is 0. The van der Waals surface area contributed by atoms with Crippen LogP contribution in [0.5, 0.6) is 0 Å². The molecule has 0 bridgehead atoms. The van der Waals surface area contributed by atoms with Gasteiger partial charge >= 0.3 is 0 Å². The first-order valence-corrected chi connectivity index (χ1v) is 5.47. The monoisotopic (exact) mass is 187 g/mol. The molecule has 0 saturated carbocycles. The fourth-order valence-corrected chi connectivity index (χ4v) is 1.90. The maximum Gasteiger partial charge on any atom is 0.197 e. The van der Waals surface area contributed by atoms with Crippen LogP contribution in [0.15, 0.2) is 4.99 Å². The van der Waals surface area contributed by atoms with E-state index in [1.165, 1.54) is 0 Å². The number of aliphatic imine (C=N–C) groups is 1. The molecule has 1 heterocycles. The van der Waals surface area contributed by atoms with Crippen molar-refractivity contribution in [1.29, 1.82) is 0 Å². The second kappa shape index (κ2) is 4.03. The standard InChI is InChI=1S/C8H17N3S/c1-7(12-4)11-6-5-10(3)8(11)9-2/h7H,5-6H2,1-4H3. The summed E-state index contributed by atoms with van der Waals surface area (Å²) in [7, 11) is 3.95. The Balaban J connectivity index is 2.67. The zero-order chi connectivity index (χ0) is 9.14. The highest BCUT2D eigenvalue weighted by Crippen LogP contribution is 2.17. The lowest BCUT2D eigenvalue weighted by atomic mass is 10.6. The van der Waals surface area contributed by atoms with Crippen LogP contribution in [-0.4, -0.2) is 54.6 Å². The van der Waals surface area contributed by atoms with Gasteiger partial charge in [-0.15, -0.1) is 11.8 Å². The number of likely N-dealkylation sites (N-methyl/N-ethyl adjacent to an activating group) is 1. The number of rotatable bonds is 2. The third kappa shape index (κ3) is 1.68. The number of hydrogen-bond acceptors (Lipinski definition) is 2. The van der Waals surface area contributed by atoms with Crippen LogP contribution in [0.4, 0.5) is 0 Å². The van der Waals surface area contributed by atoms with E-state index in [4.69, 9.17) is 0 Å². The number of guanidine groups is 1. The molecule has 1 unspecified atom stereocenters. The smallest absolute Gasteiger partial charge is 0.197 e. The summed E-state index contributed by atoms with van der Waals surface area (Å²) >= 11 is 1.86. The third-order valence-corrected chi connectivity index (χ3v) is 3.19. The highest BCUT2D eigenvalue weighted by atomic mass is 32.2. The summed E-state index contributed by atoms with van der Waals surface area (Å²) in [6.07, 6.45) is 2.14. The molecule has 0 spiro atoms. The Kier molecular flexibility index (Phi) is 3.26. The average molecular weight is 187 g/mol. The van der Waals surface area contributed by atoms with Crippen LogP contribution in [0.2, 0.25) is 0 Å². The molecule has 0 aromatic carbocycles. The summed E-state index contributed by atoms with van der Waals surface area (Å²) in [5.74, 6) is 1.12. The predicted molar refractivity (Wildman–Crippen MR) is 55.7 cm³/mol. The molecule has 70 valence electrons.